The number of hydrogen-bond acceptors (Lipinski definition) is 1. The maximum atomic E-state index is 13.3. The topological polar surface area (TPSA) is 17.8 Å². The Labute approximate surface area is 109 Å². The van der Waals surface area contributed by atoms with Gasteiger partial charge in [-0.25, -0.2) is 8.78 Å². The molecule has 0 aliphatic carbocycles. The van der Waals surface area contributed by atoms with E-state index in [1.165, 1.54) is 29.1 Å². The molecule has 0 radical (unpaired) electrons. The molecule has 2 aromatic rings. The lowest BCUT2D eigenvalue weighted by Gasteiger charge is -2.04. The second-order valence-corrected chi connectivity index (χ2v) is 4.59. The SMILES string of the molecule is Fc1cccc(F)c1Cn1cc(Cl)c(I)n1. The van der Waals surface area contributed by atoms with Crippen LogP contribution in [0.5, 0.6) is 0 Å². The molecule has 1 aromatic carbocycles. The van der Waals surface area contributed by atoms with Gasteiger partial charge in [0.1, 0.15) is 15.3 Å². The zero-order valence-electron chi connectivity index (χ0n) is 7.92. The normalized spacial score (nSPS) is 10.8. The summed E-state index contributed by atoms with van der Waals surface area (Å²) in [5.74, 6) is -1.16. The van der Waals surface area contributed by atoms with E-state index in [2.05, 4.69) is 5.10 Å². The van der Waals surface area contributed by atoms with Gasteiger partial charge in [0.25, 0.3) is 0 Å². The first-order valence-corrected chi connectivity index (χ1v) is 5.85. The molecule has 2 nitrogen and oxygen atoms in total. The van der Waals surface area contributed by atoms with Gasteiger partial charge in [0.05, 0.1) is 11.6 Å². The minimum atomic E-state index is -0.582. The van der Waals surface area contributed by atoms with E-state index >= 15 is 0 Å². The number of benzene rings is 1. The van der Waals surface area contributed by atoms with Crippen molar-refractivity contribution in [2.45, 2.75) is 6.54 Å². The summed E-state index contributed by atoms with van der Waals surface area (Å²) in [6.45, 7) is 0.0290. The number of nitrogens with zero attached hydrogens (tertiary/aromatic N) is 2. The van der Waals surface area contributed by atoms with Gasteiger partial charge in [0, 0.05) is 11.8 Å². The van der Waals surface area contributed by atoms with Gasteiger partial charge in [0.15, 0.2) is 0 Å². The van der Waals surface area contributed by atoms with Crippen molar-refractivity contribution >= 4 is 34.2 Å². The molecule has 0 aliphatic rings. The summed E-state index contributed by atoms with van der Waals surface area (Å²) < 4.78 is 28.7. The van der Waals surface area contributed by atoms with Crippen molar-refractivity contribution in [3.63, 3.8) is 0 Å². The molecule has 0 unspecified atom stereocenters. The number of aromatic nitrogens is 2. The highest BCUT2D eigenvalue weighted by molar-refractivity contribution is 14.1. The van der Waals surface area contributed by atoms with Crippen LogP contribution in [0, 0.1) is 15.3 Å². The van der Waals surface area contributed by atoms with Gasteiger partial charge in [-0.15, -0.1) is 0 Å². The molecule has 0 atom stereocenters. The molecule has 1 heterocycles. The lowest BCUT2D eigenvalue weighted by atomic mass is 10.2. The predicted octanol–water partition coefficient (Wildman–Crippen LogP) is 3.47. The minimum Gasteiger partial charge on any atom is -0.265 e. The van der Waals surface area contributed by atoms with Crippen LogP contribution in [-0.2, 0) is 6.54 Å². The quantitative estimate of drug-likeness (QED) is 0.755. The Morgan fingerprint density at radius 1 is 1.31 bits per heavy atom. The van der Waals surface area contributed by atoms with Crippen molar-refractivity contribution in [3.8, 4) is 0 Å². The van der Waals surface area contributed by atoms with Gasteiger partial charge < -0.3 is 0 Å². The first kappa shape index (κ1) is 11.8. The molecule has 6 heteroatoms. The van der Waals surface area contributed by atoms with E-state index in [1.807, 2.05) is 22.6 Å². The lowest BCUT2D eigenvalue weighted by molar-refractivity contribution is 0.532. The summed E-state index contributed by atoms with van der Waals surface area (Å²) in [5, 5.41) is 4.50. The fourth-order valence-corrected chi connectivity index (χ4v) is 1.87. The Balaban J connectivity index is 2.33. The molecule has 2 rings (SSSR count). The number of halogens is 4. The predicted molar refractivity (Wildman–Crippen MR) is 65.4 cm³/mol. The average Bonchev–Trinajstić information content (AvgIpc) is 2.53. The third kappa shape index (κ3) is 2.35. The van der Waals surface area contributed by atoms with Gasteiger partial charge in [-0.05, 0) is 34.7 Å². The standard InChI is InChI=1S/C10H6ClF2IN2/c11-7-5-16(15-10(7)14)4-6-8(12)2-1-3-9(6)13/h1-3,5H,4H2. The van der Waals surface area contributed by atoms with E-state index in [9.17, 15) is 8.78 Å². The average molecular weight is 355 g/mol. The highest BCUT2D eigenvalue weighted by atomic mass is 127. The van der Waals surface area contributed by atoms with Crippen LogP contribution < -0.4 is 0 Å². The van der Waals surface area contributed by atoms with Crippen molar-refractivity contribution in [1.29, 1.82) is 0 Å². The Bertz CT molecular complexity index is 488. The van der Waals surface area contributed by atoms with Crippen LogP contribution in [0.1, 0.15) is 5.56 Å². The highest BCUT2D eigenvalue weighted by Gasteiger charge is 2.11. The first-order valence-electron chi connectivity index (χ1n) is 4.39. The van der Waals surface area contributed by atoms with Gasteiger partial charge >= 0.3 is 0 Å². The van der Waals surface area contributed by atoms with Crippen molar-refractivity contribution < 1.29 is 8.78 Å². The molecule has 0 spiro atoms. The van der Waals surface area contributed by atoms with E-state index in [1.54, 1.807) is 0 Å². The van der Waals surface area contributed by atoms with Crippen LogP contribution in [0.4, 0.5) is 8.78 Å². The summed E-state index contributed by atoms with van der Waals surface area (Å²) in [6.07, 6.45) is 1.54. The molecule has 84 valence electrons. The summed E-state index contributed by atoms with van der Waals surface area (Å²) in [6, 6.07) is 3.76. The minimum absolute atomic E-state index is 0.0157. The zero-order valence-corrected chi connectivity index (χ0v) is 10.8. The van der Waals surface area contributed by atoms with E-state index in [4.69, 9.17) is 11.6 Å². The number of hydrogen-bond donors (Lipinski definition) is 0. The van der Waals surface area contributed by atoms with E-state index < -0.39 is 11.6 Å². The summed E-state index contributed by atoms with van der Waals surface area (Å²) in [7, 11) is 0. The molecule has 1 aromatic heterocycles. The van der Waals surface area contributed by atoms with Crippen LogP contribution in [0.15, 0.2) is 24.4 Å². The molecule has 0 aliphatic heterocycles. The van der Waals surface area contributed by atoms with E-state index in [-0.39, 0.29) is 12.1 Å². The van der Waals surface area contributed by atoms with Crippen LogP contribution >= 0.6 is 34.2 Å². The Kier molecular flexibility index (Phi) is 3.44. The van der Waals surface area contributed by atoms with Crippen molar-refractivity contribution in [2.75, 3.05) is 0 Å². The lowest BCUT2D eigenvalue weighted by Crippen LogP contribution is -2.05. The molecule has 0 saturated carbocycles. The molecule has 0 bridgehead atoms. The van der Waals surface area contributed by atoms with Gasteiger partial charge in [-0.2, -0.15) is 5.10 Å². The first-order chi connectivity index (χ1) is 7.58. The summed E-state index contributed by atoms with van der Waals surface area (Å²) >= 11 is 7.75. The monoisotopic (exact) mass is 354 g/mol. The number of rotatable bonds is 2. The fourth-order valence-electron chi connectivity index (χ4n) is 1.30. The van der Waals surface area contributed by atoms with Crippen LogP contribution in [0.25, 0.3) is 0 Å². The summed E-state index contributed by atoms with van der Waals surface area (Å²) in [4.78, 5) is 0. The molecule has 0 amide bonds. The molecule has 0 saturated heterocycles. The molecular formula is C10H6ClF2IN2. The van der Waals surface area contributed by atoms with Crippen molar-refractivity contribution in [2.24, 2.45) is 0 Å². The Hall–Kier alpha value is -0.690. The Morgan fingerprint density at radius 2 is 1.94 bits per heavy atom. The maximum Gasteiger partial charge on any atom is 0.141 e. The van der Waals surface area contributed by atoms with Crippen molar-refractivity contribution in [1.82, 2.24) is 9.78 Å². The molecule has 0 fully saturated rings. The summed E-state index contributed by atoms with van der Waals surface area (Å²) in [5.41, 5.74) is -0.0157. The third-order valence-electron chi connectivity index (χ3n) is 2.06. The van der Waals surface area contributed by atoms with Crippen LogP contribution in [0.3, 0.4) is 0 Å². The third-order valence-corrected chi connectivity index (χ3v) is 3.45. The zero-order chi connectivity index (χ0) is 11.7. The molecule has 16 heavy (non-hydrogen) atoms. The van der Waals surface area contributed by atoms with Gasteiger partial charge in [0.2, 0.25) is 0 Å². The largest absolute Gasteiger partial charge is 0.265 e. The van der Waals surface area contributed by atoms with Gasteiger partial charge in [-0.1, -0.05) is 17.7 Å². The van der Waals surface area contributed by atoms with Crippen molar-refractivity contribution in [3.05, 3.63) is 50.3 Å². The maximum absolute atomic E-state index is 13.3. The molecule has 0 N–H and O–H groups in total. The highest BCUT2D eigenvalue weighted by Crippen LogP contribution is 2.18. The second kappa shape index (κ2) is 4.67. The van der Waals surface area contributed by atoms with E-state index in [0.717, 1.165) is 0 Å². The van der Waals surface area contributed by atoms with E-state index in [0.29, 0.717) is 8.72 Å². The second-order valence-electron chi connectivity index (χ2n) is 3.17. The van der Waals surface area contributed by atoms with Crippen LogP contribution in [0.2, 0.25) is 5.02 Å². The fraction of sp³-hybridized carbons (Fsp3) is 0.100. The smallest absolute Gasteiger partial charge is 0.141 e. The molecular weight excluding hydrogens is 348 g/mol. The van der Waals surface area contributed by atoms with Crippen LogP contribution in [-0.4, -0.2) is 9.78 Å². The Morgan fingerprint density at radius 3 is 2.44 bits per heavy atom. The van der Waals surface area contributed by atoms with Gasteiger partial charge in [-0.3, -0.25) is 4.68 Å².